The topological polar surface area (TPSA) is 119 Å². The predicted octanol–water partition coefficient (Wildman–Crippen LogP) is 2.65. The van der Waals surface area contributed by atoms with Crippen LogP contribution in [0.15, 0.2) is 18.6 Å². The smallest absolute Gasteiger partial charge is 0.329 e. The van der Waals surface area contributed by atoms with Crippen molar-refractivity contribution in [2.45, 2.75) is 72.4 Å². The SMILES string of the molecule is CCOC(=O)C1[C@H]2CCC[C@H]2CN1C(=O)[C@@H](NC(=O)[C@@H](CC(=O)c1cnccn1)C(C)C)C(C)C. The van der Waals surface area contributed by atoms with Crippen LogP contribution in [0.1, 0.15) is 70.8 Å². The first kappa shape index (κ1) is 26.8. The number of nitrogens with one attached hydrogen (secondary N) is 1. The molecular formula is C26H38N4O5. The summed E-state index contributed by atoms with van der Waals surface area (Å²) < 4.78 is 5.32. The number of hydrogen-bond acceptors (Lipinski definition) is 7. The number of aromatic nitrogens is 2. The zero-order valence-electron chi connectivity index (χ0n) is 21.4. The third-order valence-electron chi connectivity index (χ3n) is 7.33. The molecule has 2 heterocycles. The minimum absolute atomic E-state index is 0.0273. The molecule has 35 heavy (non-hydrogen) atoms. The zero-order valence-corrected chi connectivity index (χ0v) is 21.4. The van der Waals surface area contributed by atoms with Gasteiger partial charge in [-0.25, -0.2) is 9.78 Å². The zero-order chi connectivity index (χ0) is 25.7. The Hall–Kier alpha value is -2.84. The summed E-state index contributed by atoms with van der Waals surface area (Å²) in [4.78, 5) is 62.2. The van der Waals surface area contributed by atoms with Crippen LogP contribution in [0.25, 0.3) is 0 Å². The van der Waals surface area contributed by atoms with Crippen molar-refractivity contribution in [2.75, 3.05) is 13.2 Å². The van der Waals surface area contributed by atoms with Crippen LogP contribution in [0.4, 0.5) is 0 Å². The summed E-state index contributed by atoms with van der Waals surface area (Å²) >= 11 is 0. The third kappa shape index (κ3) is 6.05. The lowest BCUT2D eigenvalue weighted by molar-refractivity contribution is -0.155. The Labute approximate surface area is 207 Å². The summed E-state index contributed by atoms with van der Waals surface area (Å²) in [7, 11) is 0. The van der Waals surface area contributed by atoms with E-state index in [0.29, 0.717) is 6.54 Å². The van der Waals surface area contributed by atoms with E-state index >= 15 is 0 Å². The third-order valence-corrected chi connectivity index (χ3v) is 7.33. The molecule has 2 aliphatic rings. The second kappa shape index (κ2) is 11.7. The Kier molecular flexibility index (Phi) is 8.97. The molecule has 0 spiro atoms. The molecule has 1 unspecified atom stereocenters. The molecule has 1 aromatic heterocycles. The first-order valence-electron chi connectivity index (χ1n) is 12.7. The number of rotatable bonds is 10. The summed E-state index contributed by atoms with van der Waals surface area (Å²) in [6.07, 6.45) is 7.22. The van der Waals surface area contributed by atoms with Crippen LogP contribution in [-0.4, -0.2) is 63.7 Å². The van der Waals surface area contributed by atoms with Crippen molar-refractivity contribution in [2.24, 2.45) is 29.6 Å². The largest absolute Gasteiger partial charge is 0.464 e. The Morgan fingerprint density at radius 3 is 2.46 bits per heavy atom. The Morgan fingerprint density at radius 1 is 1.11 bits per heavy atom. The van der Waals surface area contributed by atoms with Crippen LogP contribution in [0.2, 0.25) is 0 Å². The molecule has 1 N–H and O–H groups in total. The van der Waals surface area contributed by atoms with Gasteiger partial charge in [-0.05, 0) is 43.4 Å². The number of ether oxygens (including phenoxy) is 1. The van der Waals surface area contributed by atoms with Gasteiger partial charge in [-0.15, -0.1) is 0 Å². The molecule has 0 bridgehead atoms. The van der Waals surface area contributed by atoms with E-state index in [2.05, 4.69) is 15.3 Å². The molecular weight excluding hydrogens is 448 g/mol. The number of carbonyl (C=O) groups excluding carboxylic acids is 4. The highest BCUT2D eigenvalue weighted by atomic mass is 16.5. The van der Waals surface area contributed by atoms with E-state index in [1.165, 1.54) is 18.6 Å². The van der Waals surface area contributed by atoms with Crippen molar-refractivity contribution in [3.63, 3.8) is 0 Å². The molecule has 1 aliphatic carbocycles. The van der Waals surface area contributed by atoms with Gasteiger partial charge in [0.15, 0.2) is 5.78 Å². The monoisotopic (exact) mass is 486 g/mol. The minimum atomic E-state index is -0.800. The molecule has 0 aromatic carbocycles. The Bertz CT molecular complexity index is 920. The van der Waals surface area contributed by atoms with Crippen LogP contribution in [0.3, 0.4) is 0 Å². The van der Waals surface area contributed by atoms with Crippen molar-refractivity contribution in [1.82, 2.24) is 20.2 Å². The second-order valence-corrected chi connectivity index (χ2v) is 10.3. The Morgan fingerprint density at radius 2 is 1.86 bits per heavy atom. The number of nitrogens with zero attached hydrogens (tertiary/aromatic N) is 3. The Balaban J connectivity index is 1.76. The molecule has 5 atom stereocenters. The lowest BCUT2D eigenvalue weighted by Gasteiger charge is -2.32. The van der Waals surface area contributed by atoms with Gasteiger partial charge in [-0.3, -0.25) is 19.4 Å². The van der Waals surface area contributed by atoms with E-state index in [1.54, 1.807) is 11.8 Å². The molecule has 192 valence electrons. The number of fused-ring (bicyclic) bond motifs is 1. The van der Waals surface area contributed by atoms with Crippen molar-refractivity contribution in [3.8, 4) is 0 Å². The normalized spacial score (nSPS) is 23.2. The number of carbonyl (C=O) groups is 4. The molecule has 1 aliphatic heterocycles. The van der Waals surface area contributed by atoms with Gasteiger partial charge in [0.05, 0.1) is 12.8 Å². The molecule has 9 nitrogen and oxygen atoms in total. The van der Waals surface area contributed by atoms with Gasteiger partial charge in [0, 0.05) is 31.3 Å². The van der Waals surface area contributed by atoms with E-state index in [-0.39, 0.29) is 66.0 Å². The van der Waals surface area contributed by atoms with Gasteiger partial charge in [0.2, 0.25) is 11.8 Å². The number of likely N-dealkylation sites (tertiary alicyclic amines) is 1. The van der Waals surface area contributed by atoms with Crippen molar-refractivity contribution in [1.29, 1.82) is 0 Å². The maximum Gasteiger partial charge on any atom is 0.329 e. The molecule has 1 saturated carbocycles. The summed E-state index contributed by atoms with van der Waals surface area (Å²) in [5, 5.41) is 2.92. The fourth-order valence-electron chi connectivity index (χ4n) is 5.39. The molecule has 9 heteroatoms. The lowest BCUT2D eigenvalue weighted by Crippen LogP contribution is -2.56. The maximum atomic E-state index is 13.7. The lowest BCUT2D eigenvalue weighted by atomic mass is 9.88. The molecule has 0 radical (unpaired) electrons. The maximum absolute atomic E-state index is 13.7. The first-order chi connectivity index (χ1) is 16.6. The summed E-state index contributed by atoms with van der Waals surface area (Å²) in [6.45, 7) is 10.0. The minimum Gasteiger partial charge on any atom is -0.464 e. The van der Waals surface area contributed by atoms with Crippen molar-refractivity contribution in [3.05, 3.63) is 24.3 Å². The number of hydrogen-bond donors (Lipinski definition) is 1. The van der Waals surface area contributed by atoms with E-state index in [1.807, 2.05) is 27.7 Å². The van der Waals surface area contributed by atoms with Gasteiger partial charge in [0.25, 0.3) is 0 Å². The number of ketones is 1. The van der Waals surface area contributed by atoms with Gasteiger partial charge >= 0.3 is 5.97 Å². The van der Waals surface area contributed by atoms with E-state index < -0.39 is 18.0 Å². The average molecular weight is 487 g/mol. The van der Waals surface area contributed by atoms with E-state index in [0.717, 1.165) is 19.3 Å². The summed E-state index contributed by atoms with van der Waals surface area (Å²) in [5.41, 5.74) is 0.211. The van der Waals surface area contributed by atoms with Crippen LogP contribution < -0.4 is 5.32 Å². The molecule has 2 amide bonds. The summed E-state index contributed by atoms with van der Waals surface area (Å²) in [5.74, 6) is -1.81. The van der Waals surface area contributed by atoms with Crippen LogP contribution >= 0.6 is 0 Å². The van der Waals surface area contributed by atoms with Crippen LogP contribution in [-0.2, 0) is 19.1 Å². The number of esters is 1. The average Bonchev–Trinajstić information content (AvgIpc) is 3.42. The van der Waals surface area contributed by atoms with E-state index in [4.69, 9.17) is 4.74 Å². The highest BCUT2D eigenvalue weighted by Crippen LogP contribution is 2.43. The van der Waals surface area contributed by atoms with E-state index in [9.17, 15) is 19.2 Å². The van der Waals surface area contributed by atoms with Gasteiger partial charge in [0.1, 0.15) is 17.8 Å². The quantitative estimate of drug-likeness (QED) is 0.399. The second-order valence-electron chi connectivity index (χ2n) is 10.3. The highest BCUT2D eigenvalue weighted by Gasteiger charge is 2.51. The number of Topliss-reactive ketones (excluding diaryl/α,β-unsaturated/α-hetero) is 1. The standard InChI is InChI=1S/C26H38N4O5/c1-6-35-26(34)23-18-9-7-8-17(18)14-30(23)25(33)22(16(4)5)29-24(32)19(15(2)3)12-21(31)20-13-27-10-11-28-20/h10-11,13,15-19,22-23H,6-9,12,14H2,1-5H3,(H,29,32)/t17-,18-,19-,22-,23?/m0/s1. The number of amides is 2. The fraction of sp³-hybridized carbons (Fsp3) is 0.692. The molecule has 1 aromatic rings. The van der Waals surface area contributed by atoms with Crippen LogP contribution in [0, 0.1) is 29.6 Å². The van der Waals surface area contributed by atoms with Crippen molar-refractivity contribution < 1.29 is 23.9 Å². The van der Waals surface area contributed by atoms with Gasteiger partial charge < -0.3 is 15.0 Å². The van der Waals surface area contributed by atoms with Crippen molar-refractivity contribution >= 4 is 23.6 Å². The fourth-order valence-corrected chi connectivity index (χ4v) is 5.39. The predicted molar refractivity (Wildman–Crippen MR) is 129 cm³/mol. The highest BCUT2D eigenvalue weighted by molar-refractivity contribution is 5.98. The molecule has 3 rings (SSSR count). The summed E-state index contributed by atoms with van der Waals surface area (Å²) in [6, 6.07) is -1.40. The van der Waals surface area contributed by atoms with Gasteiger partial charge in [-0.2, -0.15) is 0 Å². The molecule has 2 fully saturated rings. The van der Waals surface area contributed by atoms with Gasteiger partial charge in [-0.1, -0.05) is 34.1 Å². The van der Waals surface area contributed by atoms with Crippen LogP contribution in [0.5, 0.6) is 0 Å². The first-order valence-corrected chi connectivity index (χ1v) is 12.7. The molecule has 1 saturated heterocycles.